The minimum Gasteiger partial charge on any atom is -0.462 e. The molecule has 2 aromatic rings. The van der Waals surface area contributed by atoms with Crippen molar-refractivity contribution in [2.75, 3.05) is 0 Å². The summed E-state index contributed by atoms with van der Waals surface area (Å²) in [5, 5.41) is 0. The van der Waals surface area contributed by atoms with Gasteiger partial charge in [-0.05, 0) is 38.1 Å². The lowest BCUT2D eigenvalue weighted by Crippen LogP contribution is -1.86. The van der Waals surface area contributed by atoms with Crippen LogP contribution in [0.4, 0.5) is 0 Å². The van der Waals surface area contributed by atoms with Crippen LogP contribution in [0, 0.1) is 13.8 Å². The van der Waals surface area contributed by atoms with Crippen LogP contribution in [-0.2, 0) is 0 Å². The number of benzene rings is 2. The van der Waals surface area contributed by atoms with Crippen molar-refractivity contribution in [1.82, 2.24) is 0 Å². The molecule has 18 heavy (non-hydrogen) atoms. The van der Waals surface area contributed by atoms with Gasteiger partial charge in [0.15, 0.2) is 0 Å². The zero-order valence-electron chi connectivity index (χ0n) is 10.6. The van der Waals surface area contributed by atoms with Gasteiger partial charge in [0.2, 0.25) is 0 Å². The van der Waals surface area contributed by atoms with Crippen LogP contribution >= 0.6 is 0 Å². The lowest BCUT2D eigenvalue weighted by Gasteiger charge is -2.02. The Kier molecular flexibility index (Phi) is 4.02. The molecule has 0 bridgehead atoms. The maximum atomic E-state index is 5.40. The molecule has 92 valence electrons. The first kappa shape index (κ1) is 12.2. The molecule has 0 aliphatic carbocycles. The summed E-state index contributed by atoms with van der Waals surface area (Å²) in [4.78, 5) is 0. The fourth-order valence-corrected chi connectivity index (χ4v) is 1.45. The van der Waals surface area contributed by atoms with Gasteiger partial charge >= 0.3 is 0 Å². The molecule has 0 fully saturated rings. The van der Waals surface area contributed by atoms with Crippen LogP contribution < -0.4 is 9.47 Å². The van der Waals surface area contributed by atoms with Crippen molar-refractivity contribution in [1.29, 1.82) is 0 Å². The minimum atomic E-state index is 0.796. The molecule has 0 N–H and O–H groups in total. The van der Waals surface area contributed by atoms with E-state index in [-0.39, 0.29) is 0 Å². The van der Waals surface area contributed by atoms with Gasteiger partial charge in [0, 0.05) is 0 Å². The zero-order valence-corrected chi connectivity index (χ0v) is 10.6. The molecule has 0 aromatic heterocycles. The Labute approximate surface area is 107 Å². The van der Waals surface area contributed by atoms with Crippen LogP contribution in [0.5, 0.6) is 11.5 Å². The highest BCUT2D eigenvalue weighted by atomic mass is 16.5. The van der Waals surface area contributed by atoms with Crippen molar-refractivity contribution in [3.63, 3.8) is 0 Å². The Bertz CT molecular complexity index is 460. The van der Waals surface area contributed by atoms with Crippen molar-refractivity contribution >= 4 is 0 Å². The highest BCUT2D eigenvalue weighted by Crippen LogP contribution is 2.13. The number of hydrogen-bond acceptors (Lipinski definition) is 2. The molecule has 0 amide bonds. The summed E-state index contributed by atoms with van der Waals surface area (Å²) in [6.45, 7) is 4.08. The third-order valence-electron chi connectivity index (χ3n) is 2.51. The second-order valence-corrected chi connectivity index (χ2v) is 4.13. The van der Waals surface area contributed by atoms with Crippen LogP contribution in [0.2, 0.25) is 0 Å². The van der Waals surface area contributed by atoms with E-state index in [1.54, 1.807) is 0 Å². The maximum Gasteiger partial charge on any atom is 0.126 e. The molecule has 0 heterocycles. The molecule has 0 aliphatic heterocycles. The lowest BCUT2D eigenvalue weighted by molar-refractivity contribution is 0.422. The van der Waals surface area contributed by atoms with E-state index in [0.717, 1.165) is 11.5 Å². The summed E-state index contributed by atoms with van der Waals surface area (Å²) in [6, 6.07) is 15.7. The average Bonchev–Trinajstić information content (AvgIpc) is 2.39. The Balaban J connectivity index is 1.85. The molecule has 0 spiro atoms. The van der Waals surface area contributed by atoms with Gasteiger partial charge in [-0.1, -0.05) is 35.4 Å². The van der Waals surface area contributed by atoms with E-state index in [4.69, 9.17) is 9.47 Å². The first-order valence-corrected chi connectivity index (χ1v) is 5.86. The van der Waals surface area contributed by atoms with Crippen molar-refractivity contribution in [2.45, 2.75) is 13.8 Å². The van der Waals surface area contributed by atoms with Gasteiger partial charge in [-0.25, -0.2) is 0 Å². The van der Waals surface area contributed by atoms with Crippen molar-refractivity contribution in [3.8, 4) is 11.5 Å². The summed E-state index contributed by atoms with van der Waals surface area (Å²) in [6.07, 6.45) is 3.06. The van der Waals surface area contributed by atoms with Crippen LogP contribution in [0.25, 0.3) is 0 Å². The fourth-order valence-electron chi connectivity index (χ4n) is 1.45. The average molecular weight is 240 g/mol. The van der Waals surface area contributed by atoms with E-state index in [1.807, 2.05) is 62.4 Å². The third kappa shape index (κ3) is 3.67. The first-order chi connectivity index (χ1) is 8.74. The van der Waals surface area contributed by atoms with E-state index in [0.29, 0.717) is 0 Å². The number of rotatable bonds is 4. The van der Waals surface area contributed by atoms with Gasteiger partial charge in [0.25, 0.3) is 0 Å². The predicted molar refractivity (Wildman–Crippen MR) is 72.8 cm³/mol. The molecule has 0 radical (unpaired) electrons. The number of ether oxygens (including phenoxy) is 2. The highest BCUT2D eigenvalue weighted by molar-refractivity contribution is 5.28. The SMILES string of the molecule is Cc1ccc(O/C=C\Oc2ccc(C)cc2)cc1. The highest BCUT2D eigenvalue weighted by Gasteiger charge is 1.91. The summed E-state index contributed by atoms with van der Waals surface area (Å²) >= 11 is 0. The Morgan fingerprint density at radius 1 is 0.611 bits per heavy atom. The standard InChI is InChI=1S/C16H16O2/c1-13-3-7-15(8-4-13)17-11-12-18-16-9-5-14(2)6-10-16/h3-12H,1-2H3/b12-11-. The first-order valence-electron chi connectivity index (χ1n) is 5.86. The van der Waals surface area contributed by atoms with Gasteiger partial charge in [-0.2, -0.15) is 0 Å². The van der Waals surface area contributed by atoms with E-state index >= 15 is 0 Å². The topological polar surface area (TPSA) is 18.5 Å². The lowest BCUT2D eigenvalue weighted by atomic mass is 10.2. The molecule has 2 rings (SSSR count). The smallest absolute Gasteiger partial charge is 0.126 e. The van der Waals surface area contributed by atoms with E-state index in [2.05, 4.69) is 0 Å². The van der Waals surface area contributed by atoms with Crippen LogP contribution in [0.3, 0.4) is 0 Å². The molecule has 2 aromatic carbocycles. The molecule has 0 aliphatic rings. The van der Waals surface area contributed by atoms with Crippen LogP contribution in [0.15, 0.2) is 61.1 Å². The molecular weight excluding hydrogens is 224 g/mol. The molecule has 0 saturated heterocycles. The molecule has 0 unspecified atom stereocenters. The van der Waals surface area contributed by atoms with Gasteiger partial charge in [-0.15, -0.1) is 0 Å². The van der Waals surface area contributed by atoms with Crippen LogP contribution in [-0.4, -0.2) is 0 Å². The second kappa shape index (κ2) is 5.92. The molecular formula is C16H16O2. The number of aryl methyl sites for hydroxylation is 2. The van der Waals surface area contributed by atoms with Crippen molar-refractivity contribution in [2.24, 2.45) is 0 Å². The molecule has 2 heteroatoms. The minimum absolute atomic E-state index is 0.796. The molecule has 0 saturated carbocycles. The van der Waals surface area contributed by atoms with Gasteiger partial charge in [-0.3, -0.25) is 0 Å². The van der Waals surface area contributed by atoms with Crippen LogP contribution in [0.1, 0.15) is 11.1 Å². The summed E-state index contributed by atoms with van der Waals surface area (Å²) < 4.78 is 10.8. The summed E-state index contributed by atoms with van der Waals surface area (Å²) in [5.74, 6) is 1.59. The summed E-state index contributed by atoms with van der Waals surface area (Å²) in [5.41, 5.74) is 2.42. The van der Waals surface area contributed by atoms with Crippen molar-refractivity contribution in [3.05, 3.63) is 72.2 Å². The Morgan fingerprint density at radius 2 is 0.944 bits per heavy atom. The number of hydrogen-bond donors (Lipinski definition) is 0. The largest absolute Gasteiger partial charge is 0.462 e. The summed E-state index contributed by atoms with van der Waals surface area (Å²) in [7, 11) is 0. The van der Waals surface area contributed by atoms with E-state index in [1.165, 1.54) is 23.7 Å². The van der Waals surface area contributed by atoms with Gasteiger partial charge in [0.05, 0.1) is 0 Å². The quantitative estimate of drug-likeness (QED) is 0.744. The van der Waals surface area contributed by atoms with Gasteiger partial charge < -0.3 is 9.47 Å². The normalized spacial score (nSPS) is 10.6. The third-order valence-corrected chi connectivity index (χ3v) is 2.51. The molecule has 0 atom stereocenters. The van der Waals surface area contributed by atoms with E-state index in [9.17, 15) is 0 Å². The predicted octanol–water partition coefficient (Wildman–Crippen LogP) is 4.23. The second-order valence-electron chi connectivity index (χ2n) is 4.13. The maximum absolute atomic E-state index is 5.40. The monoisotopic (exact) mass is 240 g/mol. The zero-order chi connectivity index (χ0) is 12.8. The molecule has 2 nitrogen and oxygen atoms in total. The van der Waals surface area contributed by atoms with Gasteiger partial charge in [0.1, 0.15) is 24.0 Å². The van der Waals surface area contributed by atoms with Crippen molar-refractivity contribution < 1.29 is 9.47 Å². The Hall–Kier alpha value is -2.22. The fraction of sp³-hybridized carbons (Fsp3) is 0.125. The van der Waals surface area contributed by atoms with E-state index < -0.39 is 0 Å². The Morgan fingerprint density at radius 3 is 1.28 bits per heavy atom.